The van der Waals surface area contributed by atoms with Crippen LogP contribution in [0.15, 0.2) is 47.8 Å². The average molecular weight is 338 g/mol. The molecule has 0 saturated carbocycles. The van der Waals surface area contributed by atoms with Gasteiger partial charge in [-0.15, -0.1) is 0 Å². The van der Waals surface area contributed by atoms with E-state index in [1.807, 2.05) is 44.2 Å². The Kier molecular flexibility index (Phi) is 4.69. The Labute approximate surface area is 144 Å². The summed E-state index contributed by atoms with van der Waals surface area (Å²) in [6, 6.07) is 8.98. The number of amides is 3. The van der Waals surface area contributed by atoms with Gasteiger partial charge in [-0.05, 0) is 5.92 Å². The average Bonchev–Trinajstić information content (AvgIpc) is 2.64. The Morgan fingerprint density at radius 1 is 1.20 bits per heavy atom. The molecule has 0 aliphatic carbocycles. The number of nitrogens with one attached hydrogen (secondary N) is 2. The second-order valence-corrected chi connectivity index (χ2v) is 5.86. The van der Waals surface area contributed by atoms with E-state index >= 15 is 0 Å². The van der Waals surface area contributed by atoms with Crippen molar-refractivity contribution in [1.29, 1.82) is 0 Å². The molecule has 3 rings (SSSR count). The highest BCUT2D eigenvalue weighted by molar-refractivity contribution is 5.98. The van der Waals surface area contributed by atoms with E-state index in [4.69, 9.17) is 0 Å². The molecular formula is C17H18N6O2. The molecule has 0 saturated heterocycles. The van der Waals surface area contributed by atoms with Crippen LogP contribution in [0.3, 0.4) is 0 Å². The standard InChI is InChI=1S/C17H18N6O2/c1-11(2)14-10-23(17(25)21-20-14)22-16(24)13-8-18-15(19-9-13)12-6-4-3-5-7-12/h3-9,11H,10H2,1-2H3,(H,21,25)(H,22,24). The van der Waals surface area contributed by atoms with Crippen LogP contribution >= 0.6 is 0 Å². The first-order valence-electron chi connectivity index (χ1n) is 7.87. The Hall–Kier alpha value is -3.29. The predicted molar refractivity (Wildman–Crippen MR) is 92.4 cm³/mol. The number of carbonyl (C=O) groups excluding carboxylic acids is 2. The maximum absolute atomic E-state index is 12.3. The molecule has 0 unspecified atom stereocenters. The van der Waals surface area contributed by atoms with Crippen LogP contribution in [0.2, 0.25) is 0 Å². The van der Waals surface area contributed by atoms with Crippen molar-refractivity contribution in [1.82, 2.24) is 25.8 Å². The number of rotatable bonds is 4. The van der Waals surface area contributed by atoms with Crippen LogP contribution < -0.4 is 10.9 Å². The van der Waals surface area contributed by atoms with Gasteiger partial charge in [0.15, 0.2) is 5.82 Å². The van der Waals surface area contributed by atoms with Gasteiger partial charge in [-0.3, -0.25) is 10.2 Å². The van der Waals surface area contributed by atoms with Crippen molar-refractivity contribution >= 4 is 17.6 Å². The molecule has 25 heavy (non-hydrogen) atoms. The van der Waals surface area contributed by atoms with Gasteiger partial charge in [-0.2, -0.15) is 5.10 Å². The van der Waals surface area contributed by atoms with Gasteiger partial charge in [-0.1, -0.05) is 44.2 Å². The van der Waals surface area contributed by atoms with E-state index in [1.54, 1.807) is 0 Å². The largest absolute Gasteiger partial charge is 0.356 e. The monoisotopic (exact) mass is 338 g/mol. The van der Waals surface area contributed by atoms with Crippen LogP contribution in [0.5, 0.6) is 0 Å². The second-order valence-electron chi connectivity index (χ2n) is 5.86. The van der Waals surface area contributed by atoms with Crippen LogP contribution in [0.4, 0.5) is 4.79 Å². The van der Waals surface area contributed by atoms with Crippen LogP contribution in [0, 0.1) is 5.92 Å². The van der Waals surface area contributed by atoms with Crippen LogP contribution in [0.25, 0.3) is 11.4 Å². The minimum Gasteiger partial charge on any atom is -0.267 e. The maximum atomic E-state index is 12.3. The molecule has 1 aromatic carbocycles. The summed E-state index contributed by atoms with van der Waals surface area (Å²) in [6.07, 6.45) is 2.87. The fourth-order valence-corrected chi connectivity index (χ4v) is 2.22. The molecule has 1 aliphatic heterocycles. The smallest absolute Gasteiger partial charge is 0.267 e. The number of aromatic nitrogens is 2. The minimum atomic E-state index is -0.487. The van der Waals surface area contributed by atoms with Crippen LogP contribution in [-0.4, -0.2) is 39.2 Å². The van der Waals surface area contributed by atoms with Gasteiger partial charge in [0.1, 0.15) is 0 Å². The number of hydrazine groups is 1. The lowest BCUT2D eigenvalue weighted by Crippen LogP contribution is -2.55. The maximum Gasteiger partial charge on any atom is 0.356 e. The van der Waals surface area contributed by atoms with Crippen LogP contribution in [-0.2, 0) is 0 Å². The van der Waals surface area contributed by atoms with Crippen molar-refractivity contribution in [2.24, 2.45) is 11.0 Å². The number of benzene rings is 1. The van der Waals surface area contributed by atoms with Crippen molar-refractivity contribution in [2.75, 3.05) is 6.54 Å². The summed E-state index contributed by atoms with van der Waals surface area (Å²) >= 11 is 0. The van der Waals surface area contributed by atoms with Gasteiger partial charge in [0, 0.05) is 18.0 Å². The lowest BCUT2D eigenvalue weighted by Gasteiger charge is -2.28. The summed E-state index contributed by atoms with van der Waals surface area (Å²) in [7, 11) is 0. The Morgan fingerprint density at radius 2 is 1.88 bits per heavy atom. The fraction of sp³-hybridized carbons (Fsp3) is 0.235. The fourth-order valence-electron chi connectivity index (χ4n) is 2.22. The summed E-state index contributed by atoms with van der Waals surface area (Å²) in [5.74, 6) is 0.232. The first-order chi connectivity index (χ1) is 12.0. The van der Waals surface area contributed by atoms with Crippen LogP contribution in [0.1, 0.15) is 24.2 Å². The topological polar surface area (TPSA) is 99.6 Å². The molecule has 3 amide bonds. The summed E-state index contributed by atoms with van der Waals surface area (Å²) < 4.78 is 0. The highest BCUT2D eigenvalue weighted by atomic mass is 16.2. The number of carbonyl (C=O) groups is 2. The van der Waals surface area contributed by atoms with E-state index < -0.39 is 11.9 Å². The molecular weight excluding hydrogens is 320 g/mol. The molecule has 1 aliphatic rings. The Bertz CT molecular complexity index is 802. The first-order valence-corrected chi connectivity index (χ1v) is 7.87. The molecule has 8 nitrogen and oxygen atoms in total. The van der Waals surface area contributed by atoms with E-state index in [0.29, 0.717) is 5.82 Å². The molecule has 0 bridgehead atoms. The highest BCUT2D eigenvalue weighted by Crippen LogP contribution is 2.13. The third kappa shape index (κ3) is 3.79. The van der Waals surface area contributed by atoms with Crippen molar-refractivity contribution in [3.05, 3.63) is 48.3 Å². The molecule has 0 fully saturated rings. The first kappa shape index (κ1) is 16.6. The number of urea groups is 1. The summed E-state index contributed by atoms with van der Waals surface area (Å²) in [5, 5.41) is 5.18. The molecule has 0 spiro atoms. The predicted octanol–water partition coefficient (Wildman–Crippen LogP) is 1.83. The molecule has 0 radical (unpaired) electrons. The van der Waals surface area contributed by atoms with Gasteiger partial charge < -0.3 is 0 Å². The Balaban J connectivity index is 1.69. The SMILES string of the molecule is CC(C)C1=NNC(=O)N(NC(=O)c2cnc(-c3ccccc3)nc2)C1. The minimum absolute atomic E-state index is 0.161. The Morgan fingerprint density at radius 3 is 2.52 bits per heavy atom. The lowest BCUT2D eigenvalue weighted by atomic mass is 10.1. The van der Waals surface area contributed by atoms with Crippen molar-refractivity contribution < 1.29 is 9.59 Å². The van der Waals surface area contributed by atoms with Gasteiger partial charge in [0.2, 0.25) is 0 Å². The van der Waals surface area contributed by atoms with E-state index in [9.17, 15) is 9.59 Å². The van der Waals surface area contributed by atoms with Crippen molar-refractivity contribution in [3.63, 3.8) is 0 Å². The third-order valence-corrected chi connectivity index (χ3v) is 3.71. The molecule has 1 aromatic heterocycles. The van der Waals surface area contributed by atoms with E-state index in [-0.39, 0.29) is 18.0 Å². The zero-order valence-electron chi connectivity index (χ0n) is 13.9. The summed E-state index contributed by atoms with van der Waals surface area (Å²) in [6.45, 7) is 4.16. The van der Waals surface area contributed by atoms with Gasteiger partial charge in [0.05, 0.1) is 17.8 Å². The van der Waals surface area contributed by atoms with Crippen molar-refractivity contribution in [3.8, 4) is 11.4 Å². The molecule has 0 atom stereocenters. The molecule has 128 valence electrons. The van der Waals surface area contributed by atoms with Gasteiger partial charge in [-0.25, -0.2) is 25.2 Å². The zero-order valence-corrected chi connectivity index (χ0v) is 13.9. The lowest BCUT2D eigenvalue weighted by molar-refractivity contribution is 0.0837. The quantitative estimate of drug-likeness (QED) is 0.888. The number of hydrogen-bond donors (Lipinski definition) is 2. The number of nitrogens with zero attached hydrogens (tertiary/aromatic N) is 4. The van der Waals surface area contributed by atoms with E-state index in [2.05, 4.69) is 25.9 Å². The van der Waals surface area contributed by atoms with Gasteiger partial charge in [0.25, 0.3) is 5.91 Å². The van der Waals surface area contributed by atoms with E-state index in [1.165, 1.54) is 17.4 Å². The molecule has 2 heterocycles. The van der Waals surface area contributed by atoms with E-state index in [0.717, 1.165) is 11.3 Å². The molecule has 2 aromatic rings. The molecule has 2 N–H and O–H groups in total. The number of hydrogen-bond acceptors (Lipinski definition) is 5. The summed E-state index contributed by atoms with van der Waals surface area (Å²) in [4.78, 5) is 32.6. The highest BCUT2D eigenvalue weighted by Gasteiger charge is 2.24. The van der Waals surface area contributed by atoms with Crippen molar-refractivity contribution in [2.45, 2.75) is 13.8 Å². The zero-order chi connectivity index (χ0) is 17.8. The normalized spacial score (nSPS) is 14.1. The number of hydrazone groups is 1. The molecule has 8 heteroatoms. The third-order valence-electron chi connectivity index (χ3n) is 3.71. The summed E-state index contributed by atoms with van der Waals surface area (Å²) in [5.41, 5.74) is 6.83. The van der Waals surface area contributed by atoms with Gasteiger partial charge >= 0.3 is 6.03 Å². The second kappa shape index (κ2) is 7.08.